The summed E-state index contributed by atoms with van der Waals surface area (Å²) < 4.78 is 0. The van der Waals surface area contributed by atoms with Gasteiger partial charge in [-0.1, -0.05) is 174 Å². The van der Waals surface area contributed by atoms with Gasteiger partial charge < -0.3 is 0 Å². The summed E-state index contributed by atoms with van der Waals surface area (Å²) in [7, 11) is 0. The van der Waals surface area contributed by atoms with Crippen LogP contribution in [0, 0.1) is 11.8 Å². The Labute approximate surface area is 235 Å². The van der Waals surface area contributed by atoms with Gasteiger partial charge in [0.05, 0.1) is 0 Å². The molecule has 219 valence electrons. The number of unbranched alkanes of at least 4 members (excludes halogenated alkanes) is 22. The summed E-state index contributed by atoms with van der Waals surface area (Å²) in [6.45, 7) is 6.95. The topological polar surface area (TPSA) is 17.1 Å². The molecule has 0 N–H and O–H groups in total. The van der Waals surface area contributed by atoms with Crippen molar-refractivity contribution >= 4 is 6.29 Å². The molecule has 0 fully saturated rings. The van der Waals surface area contributed by atoms with Crippen molar-refractivity contribution in [1.82, 2.24) is 0 Å². The Morgan fingerprint density at radius 2 is 0.784 bits per heavy atom. The fraction of sp³-hybridized carbons (Fsp3) is 0.917. The summed E-state index contributed by atoms with van der Waals surface area (Å²) in [6.07, 6.45) is 44.8. The average molecular weight is 518 g/mol. The molecule has 37 heavy (non-hydrogen) atoms. The zero-order valence-corrected chi connectivity index (χ0v) is 26.0. The Balaban J connectivity index is 3.32. The molecule has 0 heterocycles. The third-order valence-corrected chi connectivity index (χ3v) is 8.07. The summed E-state index contributed by atoms with van der Waals surface area (Å²) in [4.78, 5) is 11.3. The molecular formula is C36H69O. The molecule has 0 aliphatic carbocycles. The van der Waals surface area contributed by atoms with Crippen molar-refractivity contribution in [2.45, 2.75) is 201 Å². The van der Waals surface area contributed by atoms with Crippen LogP contribution >= 0.6 is 0 Å². The first-order chi connectivity index (χ1) is 18.2. The van der Waals surface area contributed by atoms with Gasteiger partial charge in [0.1, 0.15) is 0 Å². The van der Waals surface area contributed by atoms with Gasteiger partial charge in [0.25, 0.3) is 0 Å². The van der Waals surface area contributed by atoms with Gasteiger partial charge >= 0.3 is 0 Å². The lowest BCUT2D eigenvalue weighted by atomic mass is 9.95. The maximum atomic E-state index is 11.3. The van der Waals surface area contributed by atoms with Crippen molar-refractivity contribution in [2.75, 3.05) is 0 Å². The van der Waals surface area contributed by atoms with Crippen LogP contribution in [0.1, 0.15) is 201 Å². The lowest BCUT2D eigenvalue weighted by Crippen LogP contribution is -2.02. The van der Waals surface area contributed by atoms with Crippen LogP contribution in [0.5, 0.6) is 0 Å². The number of carbonyl (C=O) groups excluding carboxylic acids is 1. The zero-order chi connectivity index (χ0) is 27.1. The predicted molar refractivity (Wildman–Crippen MR) is 168 cm³/mol. The fourth-order valence-corrected chi connectivity index (χ4v) is 5.43. The SMILES string of the molecule is CCCCCCCC/C=C\CCCCCCC([C]=O)CCCCCCCCCCCCCCCC(C)C. The third-order valence-electron chi connectivity index (χ3n) is 8.07. The minimum absolute atomic E-state index is 0.197. The van der Waals surface area contributed by atoms with Gasteiger partial charge in [-0.05, 0) is 44.4 Å². The molecule has 0 aromatic carbocycles. The predicted octanol–water partition coefficient (Wildman–Crippen LogP) is 12.9. The van der Waals surface area contributed by atoms with Gasteiger partial charge in [0.2, 0.25) is 6.29 Å². The molecule has 0 rings (SSSR count). The van der Waals surface area contributed by atoms with Crippen LogP contribution in [0.25, 0.3) is 0 Å². The largest absolute Gasteiger partial charge is 0.291 e. The van der Waals surface area contributed by atoms with Gasteiger partial charge in [-0.2, -0.15) is 0 Å². The van der Waals surface area contributed by atoms with Crippen molar-refractivity contribution in [3.8, 4) is 0 Å². The molecule has 0 saturated heterocycles. The van der Waals surface area contributed by atoms with Crippen LogP contribution in [-0.2, 0) is 4.79 Å². The maximum absolute atomic E-state index is 11.3. The van der Waals surface area contributed by atoms with Gasteiger partial charge in [0.15, 0.2) is 0 Å². The standard InChI is InChI=1S/C36H69O/c1-4-5-6-7-8-9-10-11-14-17-20-23-26-29-32-36(34-37)33-30-27-24-21-18-15-12-13-16-19-22-25-28-31-35(2)3/h11,14,35-36H,4-10,12-13,15-33H2,1-3H3/b14-11-. The highest BCUT2D eigenvalue weighted by Crippen LogP contribution is 2.18. The first-order valence-corrected chi connectivity index (χ1v) is 17.2. The molecule has 0 bridgehead atoms. The smallest absolute Gasteiger partial charge is 0.201 e. The Morgan fingerprint density at radius 1 is 0.459 bits per heavy atom. The van der Waals surface area contributed by atoms with Gasteiger partial charge in [-0.3, -0.25) is 4.79 Å². The quantitative estimate of drug-likeness (QED) is 0.0660. The summed E-state index contributed by atoms with van der Waals surface area (Å²) in [5, 5.41) is 0. The Hall–Kier alpha value is -0.590. The second kappa shape index (κ2) is 31.6. The van der Waals surface area contributed by atoms with E-state index in [0.29, 0.717) is 0 Å². The number of allylic oxidation sites excluding steroid dienone is 2. The molecule has 1 nitrogen and oxygen atoms in total. The number of hydrogen-bond donors (Lipinski definition) is 0. The van der Waals surface area contributed by atoms with Crippen LogP contribution < -0.4 is 0 Å². The minimum atomic E-state index is 0.197. The highest BCUT2D eigenvalue weighted by Gasteiger charge is 2.07. The summed E-state index contributed by atoms with van der Waals surface area (Å²) >= 11 is 0. The summed E-state index contributed by atoms with van der Waals surface area (Å²) in [5.74, 6) is 1.07. The van der Waals surface area contributed by atoms with Gasteiger partial charge in [-0.25, -0.2) is 0 Å². The first kappa shape index (κ1) is 36.4. The third kappa shape index (κ3) is 31.5. The molecule has 1 unspecified atom stereocenters. The maximum Gasteiger partial charge on any atom is 0.201 e. The summed E-state index contributed by atoms with van der Waals surface area (Å²) in [6, 6.07) is 0. The highest BCUT2D eigenvalue weighted by atomic mass is 16.1. The normalized spacial score (nSPS) is 12.6. The van der Waals surface area contributed by atoms with Crippen LogP contribution in [0.3, 0.4) is 0 Å². The van der Waals surface area contributed by atoms with E-state index in [2.05, 4.69) is 39.2 Å². The van der Waals surface area contributed by atoms with E-state index in [-0.39, 0.29) is 5.92 Å². The molecule has 0 aliphatic heterocycles. The molecular weight excluding hydrogens is 448 g/mol. The minimum Gasteiger partial charge on any atom is -0.291 e. The van der Waals surface area contributed by atoms with E-state index < -0.39 is 0 Å². The van der Waals surface area contributed by atoms with E-state index in [0.717, 1.165) is 18.8 Å². The van der Waals surface area contributed by atoms with E-state index in [1.807, 2.05) is 0 Å². The van der Waals surface area contributed by atoms with E-state index in [1.165, 1.54) is 167 Å². The van der Waals surface area contributed by atoms with Crippen molar-refractivity contribution in [2.24, 2.45) is 11.8 Å². The summed E-state index contributed by atoms with van der Waals surface area (Å²) in [5.41, 5.74) is 0. The highest BCUT2D eigenvalue weighted by molar-refractivity contribution is 5.54. The number of rotatable bonds is 31. The van der Waals surface area contributed by atoms with E-state index in [1.54, 1.807) is 0 Å². The number of hydrogen-bond acceptors (Lipinski definition) is 1. The van der Waals surface area contributed by atoms with Gasteiger partial charge in [0, 0.05) is 5.92 Å². The lowest BCUT2D eigenvalue weighted by molar-refractivity contribution is 0.451. The lowest BCUT2D eigenvalue weighted by Gasteiger charge is -2.09. The molecule has 0 aliphatic rings. The van der Waals surface area contributed by atoms with Gasteiger partial charge in [-0.15, -0.1) is 0 Å². The fourth-order valence-electron chi connectivity index (χ4n) is 5.43. The zero-order valence-electron chi connectivity index (χ0n) is 26.0. The average Bonchev–Trinajstić information content (AvgIpc) is 2.89. The van der Waals surface area contributed by atoms with Crippen molar-refractivity contribution < 1.29 is 4.79 Å². The molecule has 0 aromatic rings. The Bertz CT molecular complexity index is 452. The van der Waals surface area contributed by atoms with Crippen molar-refractivity contribution in [1.29, 1.82) is 0 Å². The molecule has 1 atom stereocenters. The van der Waals surface area contributed by atoms with E-state index in [9.17, 15) is 4.79 Å². The Morgan fingerprint density at radius 3 is 1.14 bits per heavy atom. The van der Waals surface area contributed by atoms with Crippen molar-refractivity contribution in [3.63, 3.8) is 0 Å². The molecule has 1 heteroatoms. The molecule has 0 saturated carbocycles. The molecule has 0 amide bonds. The molecule has 0 spiro atoms. The molecule has 0 aromatic heterocycles. The van der Waals surface area contributed by atoms with Crippen LogP contribution in [-0.4, -0.2) is 6.29 Å². The van der Waals surface area contributed by atoms with Crippen LogP contribution in [0.15, 0.2) is 12.2 Å². The Kier molecular flexibility index (Phi) is 31.1. The van der Waals surface area contributed by atoms with Crippen LogP contribution in [0.4, 0.5) is 0 Å². The molecule has 1 radical (unpaired) electrons. The monoisotopic (exact) mass is 518 g/mol. The van der Waals surface area contributed by atoms with E-state index >= 15 is 0 Å². The second-order valence-corrected chi connectivity index (χ2v) is 12.4. The van der Waals surface area contributed by atoms with E-state index in [4.69, 9.17) is 0 Å². The van der Waals surface area contributed by atoms with Crippen molar-refractivity contribution in [3.05, 3.63) is 12.2 Å². The van der Waals surface area contributed by atoms with Crippen LogP contribution in [0.2, 0.25) is 0 Å². The second-order valence-electron chi connectivity index (χ2n) is 12.4. The first-order valence-electron chi connectivity index (χ1n) is 17.2.